The molecule has 1 heterocycles. The smallest absolute Gasteiger partial charge is 0.340 e. The van der Waals surface area contributed by atoms with Crippen LogP contribution in [0.3, 0.4) is 0 Å². The number of ether oxygens (including phenoxy) is 2. The lowest BCUT2D eigenvalue weighted by Gasteiger charge is -2.22. The molecule has 160 valence electrons. The molecule has 0 amide bonds. The highest BCUT2D eigenvalue weighted by molar-refractivity contribution is 7.90. The number of carbonyl (C=O) groups excluding carboxylic acids is 1. The summed E-state index contributed by atoms with van der Waals surface area (Å²) in [5.74, 6) is 0.138. The molecule has 0 radical (unpaired) electrons. The molecule has 0 spiro atoms. The van der Waals surface area contributed by atoms with Crippen molar-refractivity contribution in [3.63, 3.8) is 0 Å². The molecule has 0 saturated carbocycles. The van der Waals surface area contributed by atoms with Gasteiger partial charge in [-0.3, -0.25) is 0 Å². The predicted octanol–water partition coefficient (Wildman–Crippen LogP) is 3.49. The molecule has 0 unspecified atom stereocenters. The van der Waals surface area contributed by atoms with Crippen LogP contribution in [0.4, 0.5) is 0 Å². The molecule has 0 aliphatic carbocycles. The highest BCUT2D eigenvalue weighted by atomic mass is 32.2. The quantitative estimate of drug-likeness (QED) is 0.706. The second-order valence-electron chi connectivity index (χ2n) is 8.57. The zero-order chi connectivity index (χ0) is 22.3. The SMILES string of the molecule is CC(C)(O)COc1ccc(C2=C(c3ccc(S(C)(=O)=O)cc3)C(C)(C)OC2=O)cc1. The number of carbonyl (C=O) groups is 1. The minimum absolute atomic E-state index is 0.141. The van der Waals surface area contributed by atoms with E-state index < -0.39 is 27.0 Å². The topological polar surface area (TPSA) is 89.9 Å². The molecule has 0 atom stereocenters. The fraction of sp³-hybridized carbons (Fsp3) is 0.348. The molecule has 7 heteroatoms. The molecular weight excluding hydrogens is 404 g/mol. The van der Waals surface area contributed by atoms with Crippen LogP contribution in [0, 0.1) is 0 Å². The van der Waals surface area contributed by atoms with E-state index in [1.54, 1.807) is 64.1 Å². The molecule has 1 aliphatic heterocycles. The number of aliphatic hydroxyl groups is 1. The Bertz CT molecular complexity index is 1090. The van der Waals surface area contributed by atoms with Gasteiger partial charge in [-0.2, -0.15) is 0 Å². The van der Waals surface area contributed by atoms with E-state index in [2.05, 4.69) is 0 Å². The summed E-state index contributed by atoms with van der Waals surface area (Å²) < 4.78 is 34.7. The van der Waals surface area contributed by atoms with E-state index in [9.17, 15) is 18.3 Å². The third kappa shape index (κ3) is 4.74. The molecule has 0 bridgehead atoms. The maximum absolute atomic E-state index is 12.7. The van der Waals surface area contributed by atoms with Crippen molar-refractivity contribution in [1.29, 1.82) is 0 Å². The molecule has 1 aliphatic rings. The van der Waals surface area contributed by atoms with Gasteiger partial charge in [0, 0.05) is 11.8 Å². The fourth-order valence-corrected chi connectivity index (χ4v) is 3.97. The van der Waals surface area contributed by atoms with Crippen molar-refractivity contribution in [3.8, 4) is 5.75 Å². The van der Waals surface area contributed by atoms with Crippen LogP contribution in [0.15, 0.2) is 53.4 Å². The van der Waals surface area contributed by atoms with Crippen LogP contribution in [0.25, 0.3) is 11.1 Å². The first-order chi connectivity index (χ1) is 13.8. The molecule has 2 aromatic rings. The summed E-state index contributed by atoms with van der Waals surface area (Å²) in [6, 6.07) is 13.4. The Morgan fingerprint density at radius 1 is 1.00 bits per heavy atom. The molecule has 0 aromatic heterocycles. The summed E-state index contributed by atoms with van der Waals surface area (Å²) in [5.41, 5.74) is 0.693. The lowest BCUT2D eigenvalue weighted by Crippen LogP contribution is -2.27. The zero-order valence-corrected chi connectivity index (χ0v) is 18.5. The summed E-state index contributed by atoms with van der Waals surface area (Å²) in [6.45, 7) is 7.06. The number of benzene rings is 2. The van der Waals surface area contributed by atoms with Crippen molar-refractivity contribution in [3.05, 3.63) is 59.7 Å². The van der Waals surface area contributed by atoms with Crippen LogP contribution in [0.5, 0.6) is 5.75 Å². The van der Waals surface area contributed by atoms with Crippen molar-refractivity contribution in [2.24, 2.45) is 0 Å². The first kappa shape index (κ1) is 22.1. The molecule has 30 heavy (non-hydrogen) atoms. The number of rotatable bonds is 6. The summed E-state index contributed by atoms with van der Waals surface area (Å²) >= 11 is 0. The van der Waals surface area contributed by atoms with Crippen molar-refractivity contribution in [1.82, 2.24) is 0 Å². The summed E-state index contributed by atoms with van der Waals surface area (Å²) in [6.07, 6.45) is 1.15. The molecule has 0 saturated heterocycles. The summed E-state index contributed by atoms with van der Waals surface area (Å²) in [7, 11) is -3.32. The van der Waals surface area contributed by atoms with Crippen LogP contribution in [-0.4, -0.2) is 43.6 Å². The number of hydrogen-bond donors (Lipinski definition) is 1. The van der Waals surface area contributed by atoms with E-state index in [1.807, 2.05) is 0 Å². The summed E-state index contributed by atoms with van der Waals surface area (Å²) in [4.78, 5) is 12.9. The second-order valence-corrected chi connectivity index (χ2v) is 10.6. The van der Waals surface area contributed by atoms with Gasteiger partial charge in [0.25, 0.3) is 0 Å². The molecule has 1 N–H and O–H groups in total. The van der Waals surface area contributed by atoms with E-state index in [-0.39, 0.29) is 11.5 Å². The van der Waals surface area contributed by atoms with E-state index in [0.717, 1.165) is 11.8 Å². The lowest BCUT2D eigenvalue weighted by atomic mass is 9.87. The van der Waals surface area contributed by atoms with Gasteiger partial charge in [0.2, 0.25) is 0 Å². The Morgan fingerprint density at radius 2 is 1.53 bits per heavy atom. The average molecular weight is 431 g/mol. The van der Waals surface area contributed by atoms with Gasteiger partial charge < -0.3 is 14.6 Å². The Balaban J connectivity index is 2.02. The van der Waals surface area contributed by atoms with E-state index in [1.165, 1.54) is 12.1 Å². The van der Waals surface area contributed by atoms with E-state index in [0.29, 0.717) is 22.5 Å². The Morgan fingerprint density at radius 3 is 2.03 bits per heavy atom. The van der Waals surface area contributed by atoms with Crippen LogP contribution in [-0.2, 0) is 19.4 Å². The maximum atomic E-state index is 12.7. The Hall–Kier alpha value is -2.64. The van der Waals surface area contributed by atoms with Gasteiger partial charge in [-0.15, -0.1) is 0 Å². The predicted molar refractivity (Wildman–Crippen MR) is 115 cm³/mol. The van der Waals surface area contributed by atoms with Crippen molar-refractivity contribution < 1.29 is 27.8 Å². The van der Waals surface area contributed by atoms with Crippen molar-refractivity contribution in [2.75, 3.05) is 12.9 Å². The first-order valence-corrected chi connectivity index (χ1v) is 11.4. The van der Waals surface area contributed by atoms with Gasteiger partial charge in [-0.1, -0.05) is 24.3 Å². The normalized spacial score (nSPS) is 16.5. The van der Waals surface area contributed by atoms with Gasteiger partial charge >= 0.3 is 5.97 Å². The standard InChI is InChI=1S/C23H26O6S/c1-22(2,25)14-28-17-10-6-15(7-11-17)19-20(23(3,4)29-21(19)24)16-8-12-18(13-9-16)30(5,26)27/h6-13,25H,14H2,1-5H3. The van der Waals surface area contributed by atoms with Crippen LogP contribution in [0.1, 0.15) is 38.8 Å². The Kier molecular flexibility index (Phi) is 5.56. The number of hydrogen-bond acceptors (Lipinski definition) is 6. The largest absolute Gasteiger partial charge is 0.491 e. The molecule has 2 aromatic carbocycles. The highest BCUT2D eigenvalue weighted by Gasteiger charge is 2.41. The van der Waals surface area contributed by atoms with Crippen LogP contribution < -0.4 is 4.74 Å². The number of esters is 1. The monoisotopic (exact) mass is 430 g/mol. The first-order valence-electron chi connectivity index (χ1n) is 9.52. The number of sulfone groups is 1. The molecular formula is C23H26O6S. The number of cyclic esters (lactones) is 1. The van der Waals surface area contributed by atoms with E-state index >= 15 is 0 Å². The lowest BCUT2D eigenvalue weighted by molar-refractivity contribution is -0.141. The molecule has 6 nitrogen and oxygen atoms in total. The zero-order valence-electron chi connectivity index (χ0n) is 17.7. The van der Waals surface area contributed by atoms with Gasteiger partial charge in [0.15, 0.2) is 9.84 Å². The third-order valence-corrected chi connectivity index (χ3v) is 5.84. The molecule has 0 fully saturated rings. The minimum atomic E-state index is -3.32. The van der Waals surface area contributed by atoms with Gasteiger partial charge in [-0.05, 0) is 63.1 Å². The maximum Gasteiger partial charge on any atom is 0.340 e. The van der Waals surface area contributed by atoms with E-state index in [4.69, 9.17) is 9.47 Å². The minimum Gasteiger partial charge on any atom is -0.491 e. The van der Waals surface area contributed by atoms with Gasteiger partial charge in [0.1, 0.15) is 18.0 Å². The summed E-state index contributed by atoms with van der Waals surface area (Å²) in [5, 5.41) is 9.80. The molecule has 3 rings (SSSR count). The Labute approximate surface area is 177 Å². The highest BCUT2D eigenvalue weighted by Crippen LogP contribution is 2.44. The fourth-order valence-electron chi connectivity index (χ4n) is 3.34. The van der Waals surface area contributed by atoms with Crippen LogP contribution >= 0.6 is 0 Å². The second kappa shape index (κ2) is 7.56. The van der Waals surface area contributed by atoms with Gasteiger partial charge in [-0.25, -0.2) is 13.2 Å². The van der Waals surface area contributed by atoms with Crippen molar-refractivity contribution >= 4 is 27.0 Å². The van der Waals surface area contributed by atoms with Crippen molar-refractivity contribution in [2.45, 2.75) is 43.8 Å². The average Bonchev–Trinajstić information content (AvgIpc) is 2.87. The van der Waals surface area contributed by atoms with Gasteiger partial charge in [0.05, 0.1) is 16.1 Å². The third-order valence-electron chi connectivity index (χ3n) is 4.71. The van der Waals surface area contributed by atoms with Crippen LogP contribution in [0.2, 0.25) is 0 Å².